The van der Waals surface area contributed by atoms with Crippen LogP contribution in [0.3, 0.4) is 0 Å². The Hall–Kier alpha value is -4.52. The molecule has 0 aliphatic carbocycles. The summed E-state index contributed by atoms with van der Waals surface area (Å²) in [5.41, 5.74) is 4.63. The number of nitrogens with one attached hydrogen (secondary N) is 1. The Morgan fingerprint density at radius 3 is 2.67 bits per heavy atom. The van der Waals surface area contributed by atoms with Crippen molar-refractivity contribution in [1.29, 1.82) is 0 Å². The van der Waals surface area contributed by atoms with Crippen LogP contribution in [0.25, 0.3) is 16.9 Å². The lowest BCUT2D eigenvalue weighted by molar-refractivity contribution is 0.0523. The van der Waals surface area contributed by atoms with Gasteiger partial charge in [-0.05, 0) is 49.9 Å². The van der Waals surface area contributed by atoms with Crippen molar-refractivity contribution >= 4 is 28.9 Å². The summed E-state index contributed by atoms with van der Waals surface area (Å²) in [5, 5.41) is 20.4. The third-order valence-electron chi connectivity index (χ3n) is 7.51. The number of pyridine rings is 1. The summed E-state index contributed by atoms with van der Waals surface area (Å²) < 4.78 is 6.75. The van der Waals surface area contributed by atoms with Crippen LogP contribution in [-0.2, 0) is 4.74 Å². The Balaban J connectivity index is 1.17. The molecule has 0 spiro atoms. The molecule has 0 bridgehead atoms. The van der Waals surface area contributed by atoms with Gasteiger partial charge in [0, 0.05) is 49.3 Å². The van der Waals surface area contributed by atoms with Gasteiger partial charge in [0.25, 0.3) is 5.91 Å². The molecule has 2 saturated heterocycles. The molecule has 0 radical (unpaired) electrons. The number of ether oxygens (including phenoxy) is 1. The lowest BCUT2D eigenvalue weighted by Gasteiger charge is -2.36. The maximum Gasteiger partial charge on any atom is 0.409 e. The van der Waals surface area contributed by atoms with Crippen molar-refractivity contribution in [3.63, 3.8) is 0 Å². The zero-order valence-electron chi connectivity index (χ0n) is 22.8. The number of aromatic nitrogens is 6. The topological polar surface area (TPSA) is 126 Å². The average Bonchev–Trinajstić information content (AvgIpc) is 3.57. The first-order valence-electron chi connectivity index (χ1n) is 13.4. The van der Waals surface area contributed by atoms with E-state index >= 15 is 0 Å². The predicted octanol–water partition coefficient (Wildman–Crippen LogP) is 2.31. The van der Waals surface area contributed by atoms with Gasteiger partial charge in [0.2, 0.25) is 5.82 Å². The van der Waals surface area contributed by atoms with E-state index in [1.165, 1.54) is 4.80 Å². The normalized spacial score (nSPS) is 16.3. The third kappa shape index (κ3) is 4.95. The van der Waals surface area contributed by atoms with Crippen LogP contribution in [-0.4, -0.2) is 105 Å². The van der Waals surface area contributed by atoms with E-state index in [0.29, 0.717) is 36.8 Å². The number of nitrogens with zero attached hydrogens (tertiary/aromatic N) is 9. The van der Waals surface area contributed by atoms with Crippen LogP contribution < -0.4 is 10.2 Å². The fourth-order valence-electron chi connectivity index (χ4n) is 4.95. The first kappa shape index (κ1) is 25.7. The minimum atomic E-state index is -0.334. The van der Waals surface area contributed by atoms with Crippen LogP contribution in [0.1, 0.15) is 28.9 Å². The summed E-state index contributed by atoms with van der Waals surface area (Å²) in [5.74, 6) is 0.203. The van der Waals surface area contributed by atoms with Crippen molar-refractivity contribution in [3.05, 3.63) is 53.9 Å². The van der Waals surface area contributed by atoms with E-state index < -0.39 is 0 Å². The molecule has 1 N–H and O–H groups in total. The lowest BCUT2D eigenvalue weighted by Crippen LogP contribution is -2.51. The molecule has 6 rings (SSSR count). The number of aryl methyl sites for hydroxylation is 1. The Labute approximate surface area is 231 Å². The maximum atomic E-state index is 13.4. The van der Waals surface area contributed by atoms with Crippen LogP contribution in [0.2, 0.25) is 0 Å². The molecule has 2 aliphatic heterocycles. The number of piperazine rings is 1. The third-order valence-corrected chi connectivity index (χ3v) is 7.51. The second kappa shape index (κ2) is 10.6. The van der Waals surface area contributed by atoms with Gasteiger partial charge < -0.3 is 24.8 Å². The van der Waals surface area contributed by atoms with Crippen molar-refractivity contribution < 1.29 is 14.3 Å². The highest BCUT2D eigenvalue weighted by atomic mass is 16.6. The van der Waals surface area contributed by atoms with Gasteiger partial charge in [0.05, 0.1) is 37.0 Å². The first-order chi connectivity index (χ1) is 19.4. The van der Waals surface area contributed by atoms with E-state index in [1.807, 2.05) is 43.5 Å². The molecule has 208 valence electrons. The highest BCUT2D eigenvalue weighted by molar-refractivity contribution is 6.09. The van der Waals surface area contributed by atoms with Gasteiger partial charge >= 0.3 is 6.09 Å². The van der Waals surface area contributed by atoms with Crippen LogP contribution in [0.5, 0.6) is 0 Å². The van der Waals surface area contributed by atoms with Gasteiger partial charge in [-0.15, -0.1) is 10.2 Å². The molecule has 40 heavy (non-hydrogen) atoms. The minimum Gasteiger partial charge on any atom is -0.450 e. The number of carbonyl (C=O) groups is 2. The molecule has 1 aromatic carbocycles. The maximum absolute atomic E-state index is 13.4. The highest BCUT2D eigenvalue weighted by Crippen LogP contribution is 2.27. The van der Waals surface area contributed by atoms with Gasteiger partial charge in [0.15, 0.2) is 0 Å². The smallest absolute Gasteiger partial charge is 0.409 e. The standard InChI is InChI=1S/C27H32N10O3/c1-4-40-27(39)35-16-21(17-35)37-31-25(30-32-37)19-6-5-18(2)23(13-19)29-26(38)22-15-28-36-8-7-20(14-24(22)36)34-11-9-33(3)10-12-34/h5-8,13-15,21H,4,9-12,16-17H2,1-3H3,(H,29,38). The van der Waals surface area contributed by atoms with Crippen molar-refractivity contribution in [2.24, 2.45) is 0 Å². The molecule has 0 unspecified atom stereocenters. The van der Waals surface area contributed by atoms with E-state index in [9.17, 15) is 9.59 Å². The summed E-state index contributed by atoms with van der Waals surface area (Å²) in [6.07, 6.45) is 3.16. The molecule has 2 fully saturated rings. The molecule has 3 aromatic heterocycles. The van der Waals surface area contributed by atoms with E-state index in [1.54, 1.807) is 22.5 Å². The van der Waals surface area contributed by atoms with Crippen molar-refractivity contribution in [2.45, 2.75) is 19.9 Å². The number of rotatable bonds is 6. The van der Waals surface area contributed by atoms with E-state index in [-0.39, 0.29) is 18.0 Å². The highest BCUT2D eigenvalue weighted by Gasteiger charge is 2.34. The largest absolute Gasteiger partial charge is 0.450 e. The SMILES string of the molecule is CCOC(=O)N1CC(n2nnc(-c3ccc(C)c(NC(=O)c4cnn5ccc(N6CCN(C)CC6)cc45)c3)n2)C1. The van der Waals surface area contributed by atoms with E-state index in [0.717, 1.165) is 48.5 Å². The van der Waals surface area contributed by atoms with Crippen LogP contribution in [0, 0.1) is 6.92 Å². The number of likely N-dealkylation sites (tertiary alicyclic amines) is 1. The quantitative estimate of drug-likeness (QED) is 0.389. The van der Waals surface area contributed by atoms with Crippen molar-refractivity contribution in [3.8, 4) is 11.4 Å². The monoisotopic (exact) mass is 544 g/mol. The second-order valence-electron chi connectivity index (χ2n) is 10.2. The van der Waals surface area contributed by atoms with E-state index in [4.69, 9.17) is 4.74 Å². The van der Waals surface area contributed by atoms with Crippen LogP contribution in [0.4, 0.5) is 16.2 Å². The summed E-state index contributed by atoms with van der Waals surface area (Å²) in [6, 6.07) is 9.68. The first-order valence-corrected chi connectivity index (χ1v) is 13.4. The molecule has 13 heteroatoms. The Morgan fingerprint density at radius 1 is 1.10 bits per heavy atom. The fraction of sp³-hybridized carbons (Fsp3) is 0.407. The Kier molecular flexibility index (Phi) is 6.80. The number of anilines is 2. The van der Waals surface area contributed by atoms with E-state index in [2.05, 4.69) is 42.7 Å². The lowest BCUT2D eigenvalue weighted by atomic mass is 10.1. The van der Waals surface area contributed by atoms with Gasteiger partial charge in [-0.25, -0.2) is 9.31 Å². The zero-order valence-corrected chi connectivity index (χ0v) is 22.8. The molecule has 2 aliphatic rings. The zero-order chi connectivity index (χ0) is 27.8. The molecular weight excluding hydrogens is 512 g/mol. The van der Waals surface area contributed by atoms with Crippen molar-refractivity contribution in [2.75, 3.05) is 63.1 Å². The number of benzene rings is 1. The van der Waals surface area contributed by atoms with Crippen LogP contribution >= 0.6 is 0 Å². The summed E-state index contributed by atoms with van der Waals surface area (Å²) in [4.78, 5) is 33.0. The summed E-state index contributed by atoms with van der Waals surface area (Å²) in [6.45, 7) is 8.89. The number of tetrazole rings is 1. The molecule has 2 amide bonds. The molecule has 13 nitrogen and oxygen atoms in total. The number of hydrogen-bond acceptors (Lipinski definition) is 9. The number of likely N-dealkylation sites (N-methyl/N-ethyl adjacent to an activating group) is 1. The second-order valence-corrected chi connectivity index (χ2v) is 10.2. The molecule has 5 heterocycles. The summed E-state index contributed by atoms with van der Waals surface area (Å²) >= 11 is 0. The van der Waals surface area contributed by atoms with Gasteiger partial charge in [0.1, 0.15) is 6.04 Å². The van der Waals surface area contributed by atoms with Crippen molar-refractivity contribution in [1.82, 2.24) is 39.6 Å². The molecule has 0 atom stereocenters. The van der Waals surface area contributed by atoms with Gasteiger partial charge in [-0.1, -0.05) is 12.1 Å². The molecular formula is C27H32N10O3. The number of hydrogen-bond donors (Lipinski definition) is 1. The fourth-order valence-corrected chi connectivity index (χ4v) is 4.95. The van der Waals surface area contributed by atoms with Gasteiger partial charge in [-0.3, -0.25) is 4.79 Å². The van der Waals surface area contributed by atoms with Crippen LogP contribution in [0.15, 0.2) is 42.7 Å². The number of amides is 2. The Bertz CT molecular complexity index is 1550. The predicted molar refractivity (Wildman–Crippen MR) is 148 cm³/mol. The Morgan fingerprint density at radius 2 is 1.90 bits per heavy atom. The minimum absolute atomic E-state index is 0.0540. The number of carbonyl (C=O) groups excluding carboxylic acids is 2. The van der Waals surface area contributed by atoms with Gasteiger partial charge in [-0.2, -0.15) is 9.90 Å². The molecule has 4 aromatic rings. The average molecular weight is 545 g/mol. The molecule has 0 saturated carbocycles. The number of fused-ring (bicyclic) bond motifs is 1. The summed E-state index contributed by atoms with van der Waals surface area (Å²) in [7, 11) is 2.13.